The van der Waals surface area contributed by atoms with Crippen LogP contribution in [0.25, 0.3) is 0 Å². The highest BCUT2D eigenvalue weighted by molar-refractivity contribution is 5.94. The fourth-order valence-corrected chi connectivity index (χ4v) is 2.98. The first-order valence-electron chi connectivity index (χ1n) is 8.31. The Morgan fingerprint density at radius 2 is 2.04 bits per heavy atom. The zero-order chi connectivity index (χ0) is 16.9. The van der Waals surface area contributed by atoms with Gasteiger partial charge in [-0.15, -0.1) is 0 Å². The molecular formula is C18H22N4O2. The van der Waals surface area contributed by atoms with Crippen LogP contribution in [0.1, 0.15) is 37.8 Å². The second-order valence-electron chi connectivity index (χ2n) is 6.07. The molecule has 1 unspecified atom stereocenters. The summed E-state index contributed by atoms with van der Waals surface area (Å²) in [6.45, 7) is 2.79. The molecule has 0 saturated carbocycles. The first-order chi connectivity index (χ1) is 11.6. The summed E-state index contributed by atoms with van der Waals surface area (Å²) in [4.78, 5) is 25.7. The third-order valence-corrected chi connectivity index (χ3v) is 4.34. The molecule has 1 saturated heterocycles. The maximum absolute atomic E-state index is 12.3. The molecule has 0 bridgehead atoms. The van der Waals surface area contributed by atoms with Crippen LogP contribution >= 0.6 is 0 Å². The molecule has 2 aromatic rings. The summed E-state index contributed by atoms with van der Waals surface area (Å²) in [6.07, 6.45) is 4.08. The quantitative estimate of drug-likeness (QED) is 0.918. The van der Waals surface area contributed by atoms with Crippen molar-refractivity contribution in [3.8, 4) is 0 Å². The topological polar surface area (TPSA) is 67.2 Å². The lowest BCUT2D eigenvalue weighted by atomic mass is 10.1. The monoisotopic (exact) mass is 326 g/mol. The molecule has 3 rings (SSSR count). The van der Waals surface area contributed by atoms with Crippen molar-refractivity contribution in [2.24, 2.45) is 0 Å². The third kappa shape index (κ3) is 3.64. The number of amides is 2. The highest BCUT2D eigenvalue weighted by Gasteiger charge is 2.21. The first-order valence-corrected chi connectivity index (χ1v) is 8.31. The van der Waals surface area contributed by atoms with Crippen molar-refractivity contribution in [2.75, 3.05) is 18.4 Å². The maximum atomic E-state index is 12.3. The zero-order valence-corrected chi connectivity index (χ0v) is 13.8. The minimum absolute atomic E-state index is 0.00752. The molecule has 6 heteroatoms. The summed E-state index contributed by atoms with van der Waals surface area (Å²) in [5.74, 6) is 0.510. The van der Waals surface area contributed by atoms with E-state index in [4.69, 9.17) is 0 Å². The molecule has 0 aliphatic carbocycles. The number of anilines is 1. The number of carbonyl (C=O) groups excluding carboxylic acids is 2. The number of aromatic nitrogens is 2. The predicted molar refractivity (Wildman–Crippen MR) is 91.5 cm³/mol. The summed E-state index contributed by atoms with van der Waals surface area (Å²) >= 11 is 0. The van der Waals surface area contributed by atoms with E-state index in [0.717, 1.165) is 18.4 Å². The number of hydrogen-bond donors (Lipinski definition) is 1. The maximum Gasteiger partial charge on any atom is 0.245 e. The SMILES string of the molecule is CC(c1ccccc1)n1nccc1NC(=O)CN1CCCCC1=O. The molecule has 126 valence electrons. The highest BCUT2D eigenvalue weighted by atomic mass is 16.2. The van der Waals surface area contributed by atoms with Gasteiger partial charge in [-0.1, -0.05) is 30.3 Å². The first kappa shape index (κ1) is 16.2. The Labute approximate surface area is 141 Å². The fourth-order valence-electron chi connectivity index (χ4n) is 2.98. The van der Waals surface area contributed by atoms with Gasteiger partial charge in [0, 0.05) is 19.0 Å². The van der Waals surface area contributed by atoms with Gasteiger partial charge in [-0.25, -0.2) is 4.68 Å². The van der Waals surface area contributed by atoms with Gasteiger partial charge in [0.25, 0.3) is 0 Å². The molecule has 1 aromatic carbocycles. The molecule has 1 aromatic heterocycles. The van der Waals surface area contributed by atoms with Crippen LogP contribution in [0, 0.1) is 0 Å². The zero-order valence-electron chi connectivity index (χ0n) is 13.8. The van der Waals surface area contributed by atoms with E-state index in [-0.39, 0.29) is 24.4 Å². The Bertz CT molecular complexity index is 711. The fraction of sp³-hybridized carbons (Fsp3) is 0.389. The molecule has 0 radical (unpaired) electrons. The van der Waals surface area contributed by atoms with E-state index in [9.17, 15) is 9.59 Å². The van der Waals surface area contributed by atoms with E-state index >= 15 is 0 Å². The molecule has 1 N–H and O–H groups in total. The number of piperidine rings is 1. The molecule has 1 aliphatic rings. The van der Waals surface area contributed by atoms with Crippen LogP contribution in [0.5, 0.6) is 0 Å². The van der Waals surface area contributed by atoms with Crippen molar-refractivity contribution < 1.29 is 9.59 Å². The van der Waals surface area contributed by atoms with Crippen molar-refractivity contribution in [3.05, 3.63) is 48.2 Å². The lowest BCUT2D eigenvalue weighted by molar-refractivity contribution is -0.136. The Morgan fingerprint density at radius 3 is 2.79 bits per heavy atom. The van der Waals surface area contributed by atoms with Crippen LogP contribution < -0.4 is 5.32 Å². The van der Waals surface area contributed by atoms with E-state index in [2.05, 4.69) is 10.4 Å². The van der Waals surface area contributed by atoms with Crippen LogP contribution in [0.3, 0.4) is 0 Å². The molecule has 6 nitrogen and oxygen atoms in total. The van der Waals surface area contributed by atoms with Crippen molar-refractivity contribution >= 4 is 17.6 Å². The second kappa shape index (κ2) is 7.29. The number of hydrogen-bond acceptors (Lipinski definition) is 3. The standard InChI is InChI=1S/C18H22N4O2/c1-14(15-7-3-2-4-8-15)22-16(10-11-19-22)20-17(23)13-21-12-6-5-9-18(21)24/h2-4,7-8,10-11,14H,5-6,9,12-13H2,1H3,(H,20,23). The molecule has 1 fully saturated rings. The number of rotatable bonds is 5. The molecule has 24 heavy (non-hydrogen) atoms. The van der Waals surface area contributed by atoms with E-state index in [1.165, 1.54) is 0 Å². The summed E-state index contributed by atoms with van der Waals surface area (Å²) in [6, 6.07) is 11.8. The van der Waals surface area contributed by atoms with E-state index in [0.29, 0.717) is 18.8 Å². The van der Waals surface area contributed by atoms with Crippen LogP contribution in [-0.2, 0) is 9.59 Å². The van der Waals surface area contributed by atoms with Gasteiger partial charge in [-0.05, 0) is 25.3 Å². The van der Waals surface area contributed by atoms with Gasteiger partial charge in [0.1, 0.15) is 5.82 Å². The lowest BCUT2D eigenvalue weighted by Gasteiger charge is -2.26. The van der Waals surface area contributed by atoms with Crippen LogP contribution in [0.4, 0.5) is 5.82 Å². The number of nitrogens with one attached hydrogen (secondary N) is 1. The van der Waals surface area contributed by atoms with E-state index in [1.807, 2.05) is 37.3 Å². The van der Waals surface area contributed by atoms with Crippen LogP contribution in [0.15, 0.2) is 42.6 Å². The summed E-state index contributed by atoms with van der Waals surface area (Å²) in [5, 5.41) is 7.21. The van der Waals surface area contributed by atoms with Crippen LogP contribution in [0.2, 0.25) is 0 Å². The van der Waals surface area contributed by atoms with Gasteiger partial charge in [0.2, 0.25) is 11.8 Å². The third-order valence-electron chi connectivity index (χ3n) is 4.34. The molecule has 1 atom stereocenters. The summed E-state index contributed by atoms with van der Waals surface area (Å²) < 4.78 is 1.78. The van der Waals surface area contributed by atoms with Crippen molar-refractivity contribution in [2.45, 2.75) is 32.2 Å². The largest absolute Gasteiger partial charge is 0.333 e. The number of nitrogens with zero attached hydrogens (tertiary/aromatic N) is 3. The molecule has 1 aliphatic heterocycles. The molecule has 2 amide bonds. The van der Waals surface area contributed by atoms with Gasteiger partial charge < -0.3 is 10.2 Å². The van der Waals surface area contributed by atoms with Gasteiger partial charge in [-0.3, -0.25) is 9.59 Å². The van der Waals surface area contributed by atoms with Crippen LogP contribution in [-0.4, -0.2) is 39.6 Å². The average Bonchev–Trinajstić information content (AvgIpc) is 3.05. The minimum Gasteiger partial charge on any atom is -0.333 e. The van der Waals surface area contributed by atoms with Gasteiger partial charge in [0.05, 0.1) is 18.8 Å². The second-order valence-corrected chi connectivity index (χ2v) is 6.07. The Balaban J connectivity index is 1.67. The molecular weight excluding hydrogens is 304 g/mol. The van der Waals surface area contributed by atoms with Gasteiger partial charge in [-0.2, -0.15) is 5.10 Å². The van der Waals surface area contributed by atoms with E-state index < -0.39 is 0 Å². The van der Waals surface area contributed by atoms with Crippen molar-refractivity contribution in [1.29, 1.82) is 0 Å². The van der Waals surface area contributed by atoms with Crippen molar-refractivity contribution in [1.82, 2.24) is 14.7 Å². The Morgan fingerprint density at radius 1 is 1.25 bits per heavy atom. The molecule has 2 heterocycles. The number of carbonyl (C=O) groups is 2. The van der Waals surface area contributed by atoms with Gasteiger partial charge >= 0.3 is 0 Å². The molecule has 0 spiro atoms. The Hall–Kier alpha value is -2.63. The minimum atomic E-state index is -0.188. The van der Waals surface area contributed by atoms with Gasteiger partial charge in [0.15, 0.2) is 0 Å². The Kier molecular flexibility index (Phi) is 4.93. The summed E-state index contributed by atoms with van der Waals surface area (Å²) in [7, 11) is 0. The van der Waals surface area contributed by atoms with E-state index in [1.54, 1.807) is 21.8 Å². The lowest BCUT2D eigenvalue weighted by Crippen LogP contribution is -2.41. The summed E-state index contributed by atoms with van der Waals surface area (Å²) in [5.41, 5.74) is 1.11. The number of benzene rings is 1. The van der Waals surface area contributed by atoms with Crippen molar-refractivity contribution in [3.63, 3.8) is 0 Å². The average molecular weight is 326 g/mol. The number of likely N-dealkylation sites (tertiary alicyclic amines) is 1. The predicted octanol–water partition coefficient (Wildman–Crippen LogP) is 2.44. The highest BCUT2D eigenvalue weighted by Crippen LogP contribution is 2.21. The smallest absolute Gasteiger partial charge is 0.245 e. The normalized spacial score (nSPS) is 16.0.